The molecule has 20 heavy (non-hydrogen) atoms. The van der Waals surface area contributed by atoms with E-state index in [2.05, 4.69) is 23.0 Å². The van der Waals surface area contributed by atoms with Crippen LogP contribution < -0.4 is 5.73 Å². The lowest BCUT2D eigenvalue weighted by molar-refractivity contribution is 0.695. The molecule has 1 saturated carbocycles. The molecule has 2 N–H and O–H groups in total. The van der Waals surface area contributed by atoms with Gasteiger partial charge in [0.2, 0.25) is 0 Å². The van der Waals surface area contributed by atoms with Gasteiger partial charge in [-0.25, -0.2) is 9.97 Å². The lowest BCUT2D eigenvalue weighted by atomic mass is 10.0. The summed E-state index contributed by atoms with van der Waals surface area (Å²) in [5, 5.41) is 0. The Labute approximate surface area is 119 Å². The third-order valence-corrected chi connectivity index (χ3v) is 4.02. The number of nitrogens with two attached hydrogens (primary N) is 1. The van der Waals surface area contributed by atoms with E-state index in [4.69, 9.17) is 10.7 Å². The van der Waals surface area contributed by atoms with Gasteiger partial charge in [0.25, 0.3) is 0 Å². The SMILES string of the molecule is CCc1cccnc1-c1nc(N)cc(C2CCCC2)n1. The maximum absolute atomic E-state index is 5.98. The highest BCUT2D eigenvalue weighted by Crippen LogP contribution is 2.34. The van der Waals surface area contributed by atoms with E-state index in [-0.39, 0.29) is 0 Å². The van der Waals surface area contributed by atoms with Gasteiger partial charge in [-0.3, -0.25) is 4.98 Å². The maximum atomic E-state index is 5.98. The van der Waals surface area contributed by atoms with Crippen LogP contribution in [-0.2, 0) is 6.42 Å². The number of hydrogen-bond acceptors (Lipinski definition) is 4. The van der Waals surface area contributed by atoms with E-state index in [0.717, 1.165) is 23.4 Å². The van der Waals surface area contributed by atoms with Crippen molar-refractivity contribution in [3.63, 3.8) is 0 Å². The number of anilines is 1. The van der Waals surface area contributed by atoms with Crippen LogP contribution in [0.3, 0.4) is 0 Å². The molecule has 0 atom stereocenters. The van der Waals surface area contributed by atoms with Gasteiger partial charge in [0.05, 0.1) is 0 Å². The summed E-state index contributed by atoms with van der Waals surface area (Å²) in [5.74, 6) is 1.75. The third kappa shape index (κ3) is 2.50. The molecule has 104 valence electrons. The highest BCUT2D eigenvalue weighted by molar-refractivity contribution is 5.57. The molecule has 0 amide bonds. The summed E-state index contributed by atoms with van der Waals surface area (Å²) in [7, 11) is 0. The van der Waals surface area contributed by atoms with Crippen LogP contribution in [0.1, 0.15) is 49.8 Å². The number of pyridine rings is 1. The number of nitrogen functional groups attached to an aromatic ring is 1. The van der Waals surface area contributed by atoms with Crippen LogP contribution in [0.5, 0.6) is 0 Å². The molecule has 0 radical (unpaired) electrons. The molecule has 0 spiro atoms. The van der Waals surface area contributed by atoms with Crippen molar-refractivity contribution in [3.8, 4) is 11.5 Å². The number of hydrogen-bond donors (Lipinski definition) is 1. The van der Waals surface area contributed by atoms with Crippen LogP contribution in [0.4, 0.5) is 5.82 Å². The largest absolute Gasteiger partial charge is 0.384 e. The standard InChI is InChI=1S/C16H20N4/c1-2-11-8-5-9-18-15(11)16-19-13(10-14(17)20-16)12-6-3-4-7-12/h5,8-10,12H,2-4,6-7H2,1H3,(H2,17,19,20). The predicted octanol–water partition coefficient (Wildman–Crippen LogP) is 3.34. The van der Waals surface area contributed by atoms with E-state index in [1.807, 2.05) is 12.1 Å². The Morgan fingerprint density at radius 1 is 1.25 bits per heavy atom. The lowest BCUT2D eigenvalue weighted by Crippen LogP contribution is -2.05. The Kier molecular flexibility index (Phi) is 3.63. The summed E-state index contributed by atoms with van der Waals surface area (Å²) < 4.78 is 0. The van der Waals surface area contributed by atoms with Gasteiger partial charge in [0, 0.05) is 23.9 Å². The lowest BCUT2D eigenvalue weighted by Gasteiger charge is -2.12. The van der Waals surface area contributed by atoms with Crippen LogP contribution in [0.15, 0.2) is 24.4 Å². The number of nitrogens with zero attached hydrogens (tertiary/aromatic N) is 3. The smallest absolute Gasteiger partial charge is 0.180 e. The first-order valence-electron chi connectivity index (χ1n) is 7.36. The van der Waals surface area contributed by atoms with Gasteiger partial charge in [-0.1, -0.05) is 25.8 Å². The fraction of sp³-hybridized carbons (Fsp3) is 0.438. The minimum absolute atomic E-state index is 0.535. The van der Waals surface area contributed by atoms with Gasteiger partial charge < -0.3 is 5.73 Å². The molecule has 2 aromatic rings. The zero-order valence-electron chi connectivity index (χ0n) is 11.8. The first-order valence-corrected chi connectivity index (χ1v) is 7.36. The first-order chi connectivity index (χ1) is 9.78. The number of aromatic nitrogens is 3. The van der Waals surface area contributed by atoms with Gasteiger partial charge in [0.1, 0.15) is 11.5 Å². The molecule has 4 nitrogen and oxygen atoms in total. The molecule has 0 saturated heterocycles. The minimum Gasteiger partial charge on any atom is -0.384 e. The molecular formula is C16H20N4. The minimum atomic E-state index is 0.535. The second-order valence-electron chi connectivity index (χ2n) is 5.39. The van der Waals surface area contributed by atoms with E-state index in [1.165, 1.54) is 25.7 Å². The van der Waals surface area contributed by atoms with Gasteiger partial charge in [0.15, 0.2) is 5.82 Å². The van der Waals surface area contributed by atoms with Crippen LogP contribution in [0.2, 0.25) is 0 Å². The van der Waals surface area contributed by atoms with Crippen LogP contribution >= 0.6 is 0 Å². The Hall–Kier alpha value is -1.97. The van der Waals surface area contributed by atoms with Crippen molar-refractivity contribution >= 4 is 5.82 Å². The highest BCUT2D eigenvalue weighted by Gasteiger charge is 2.20. The van der Waals surface area contributed by atoms with Crippen molar-refractivity contribution in [2.24, 2.45) is 0 Å². The molecule has 1 fully saturated rings. The van der Waals surface area contributed by atoms with Crippen LogP contribution in [-0.4, -0.2) is 15.0 Å². The van der Waals surface area contributed by atoms with Gasteiger partial charge in [-0.15, -0.1) is 0 Å². The average molecular weight is 268 g/mol. The quantitative estimate of drug-likeness (QED) is 0.927. The summed E-state index contributed by atoms with van der Waals surface area (Å²) in [6.45, 7) is 2.12. The Balaban J connectivity index is 2.04. The predicted molar refractivity (Wildman–Crippen MR) is 80.3 cm³/mol. The monoisotopic (exact) mass is 268 g/mol. The van der Waals surface area contributed by atoms with E-state index in [1.54, 1.807) is 6.20 Å². The third-order valence-electron chi connectivity index (χ3n) is 4.02. The molecule has 4 heteroatoms. The molecule has 1 aliphatic rings. The van der Waals surface area contributed by atoms with Crippen molar-refractivity contribution in [3.05, 3.63) is 35.7 Å². The van der Waals surface area contributed by atoms with Crippen molar-refractivity contribution < 1.29 is 0 Å². The van der Waals surface area contributed by atoms with Crippen molar-refractivity contribution in [1.82, 2.24) is 15.0 Å². The summed E-state index contributed by atoms with van der Waals surface area (Å²) >= 11 is 0. The van der Waals surface area contributed by atoms with Crippen molar-refractivity contribution in [1.29, 1.82) is 0 Å². The van der Waals surface area contributed by atoms with Crippen molar-refractivity contribution in [2.45, 2.75) is 44.9 Å². The summed E-state index contributed by atoms with van der Waals surface area (Å²) in [6.07, 6.45) is 7.69. The number of aryl methyl sites for hydroxylation is 1. The topological polar surface area (TPSA) is 64.7 Å². The average Bonchev–Trinajstić information content (AvgIpc) is 3.01. The van der Waals surface area contributed by atoms with E-state index in [0.29, 0.717) is 17.6 Å². The normalized spacial score (nSPS) is 15.7. The Morgan fingerprint density at radius 2 is 2.05 bits per heavy atom. The van der Waals surface area contributed by atoms with Gasteiger partial charge >= 0.3 is 0 Å². The second kappa shape index (κ2) is 5.57. The zero-order chi connectivity index (χ0) is 13.9. The Bertz CT molecular complexity index is 603. The molecule has 0 unspecified atom stereocenters. The van der Waals surface area contributed by atoms with E-state index in [9.17, 15) is 0 Å². The summed E-state index contributed by atoms with van der Waals surface area (Å²) in [6, 6.07) is 5.95. The van der Waals surface area contributed by atoms with E-state index < -0.39 is 0 Å². The second-order valence-corrected chi connectivity index (χ2v) is 5.39. The maximum Gasteiger partial charge on any atom is 0.180 e. The van der Waals surface area contributed by atoms with Crippen LogP contribution in [0, 0.1) is 0 Å². The molecule has 1 aliphatic carbocycles. The molecule has 2 aromatic heterocycles. The number of rotatable bonds is 3. The fourth-order valence-corrected chi connectivity index (χ4v) is 2.95. The molecular weight excluding hydrogens is 248 g/mol. The van der Waals surface area contributed by atoms with E-state index >= 15 is 0 Å². The summed E-state index contributed by atoms with van der Waals surface area (Å²) in [4.78, 5) is 13.6. The van der Waals surface area contributed by atoms with Crippen molar-refractivity contribution in [2.75, 3.05) is 5.73 Å². The molecule has 0 aliphatic heterocycles. The zero-order valence-corrected chi connectivity index (χ0v) is 11.8. The molecule has 0 bridgehead atoms. The summed E-state index contributed by atoms with van der Waals surface area (Å²) in [5.41, 5.74) is 9.08. The molecule has 2 heterocycles. The first kappa shape index (κ1) is 13.0. The molecule has 3 rings (SSSR count). The Morgan fingerprint density at radius 3 is 2.80 bits per heavy atom. The van der Waals surface area contributed by atoms with Crippen LogP contribution in [0.25, 0.3) is 11.5 Å². The fourth-order valence-electron chi connectivity index (χ4n) is 2.95. The highest BCUT2D eigenvalue weighted by atomic mass is 15.0. The van der Waals surface area contributed by atoms with Gasteiger partial charge in [-0.05, 0) is 30.9 Å². The van der Waals surface area contributed by atoms with Gasteiger partial charge in [-0.2, -0.15) is 0 Å². The molecule has 0 aromatic carbocycles.